The summed E-state index contributed by atoms with van der Waals surface area (Å²) in [5, 5.41) is 1.16. The summed E-state index contributed by atoms with van der Waals surface area (Å²) in [7, 11) is 0. The molecule has 0 aromatic heterocycles. The molecule has 1 rings (SSSR count). The minimum absolute atomic E-state index is 0.808. The van der Waals surface area contributed by atoms with Gasteiger partial charge in [0.1, 0.15) is 0 Å². The van der Waals surface area contributed by atoms with Crippen molar-refractivity contribution in [2.75, 3.05) is 18.4 Å². The molecule has 84 valence electrons. The van der Waals surface area contributed by atoms with Gasteiger partial charge >= 0.3 is 0 Å². The van der Waals surface area contributed by atoms with Gasteiger partial charge in [0.2, 0.25) is 0 Å². The highest BCUT2D eigenvalue weighted by molar-refractivity contribution is 9.09. The van der Waals surface area contributed by atoms with Gasteiger partial charge < -0.3 is 0 Å². The van der Waals surface area contributed by atoms with Gasteiger partial charge in [0.25, 0.3) is 0 Å². The molecule has 0 aromatic rings. The van der Waals surface area contributed by atoms with Crippen molar-refractivity contribution >= 4 is 15.9 Å². The Balaban J connectivity index is 2.32. The number of hydrogen-bond acceptors (Lipinski definition) is 1. The van der Waals surface area contributed by atoms with Crippen LogP contribution < -0.4 is 0 Å². The van der Waals surface area contributed by atoms with Crippen molar-refractivity contribution < 1.29 is 0 Å². The number of nitrogens with zero attached hydrogens (tertiary/aromatic N) is 1. The summed E-state index contributed by atoms with van der Waals surface area (Å²) in [6, 6.07) is 0.808. The van der Waals surface area contributed by atoms with Crippen LogP contribution in [0.5, 0.6) is 0 Å². The van der Waals surface area contributed by atoms with E-state index in [2.05, 4.69) is 34.7 Å². The average Bonchev–Trinajstić information content (AvgIpc) is 2.19. The van der Waals surface area contributed by atoms with E-state index >= 15 is 0 Å². The molecular weight excluding hydrogens is 238 g/mol. The summed E-state index contributed by atoms with van der Waals surface area (Å²) in [6.07, 6.45) is 6.93. The van der Waals surface area contributed by atoms with Crippen LogP contribution in [0.25, 0.3) is 0 Å². The standard InChI is InChI=1S/C12H24BrN/c1-3-6-11(2)10-14-8-5-4-7-12(14)9-13/h11-12H,3-10H2,1-2H3. The lowest BCUT2D eigenvalue weighted by molar-refractivity contribution is 0.141. The summed E-state index contributed by atoms with van der Waals surface area (Å²) < 4.78 is 0. The normalized spacial score (nSPS) is 26.4. The Morgan fingerprint density at radius 2 is 2.21 bits per heavy atom. The third-order valence-electron chi connectivity index (χ3n) is 3.25. The van der Waals surface area contributed by atoms with Crippen LogP contribution in [-0.2, 0) is 0 Å². The number of alkyl halides is 1. The highest BCUT2D eigenvalue weighted by Gasteiger charge is 2.22. The third kappa shape index (κ3) is 3.90. The lowest BCUT2D eigenvalue weighted by Gasteiger charge is -2.36. The Bertz CT molecular complexity index is 149. The van der Waals surface area contributed by atoms with Gasteiger partial charge in [-0.05, 0) is 31.7 Å². The molecule has 0 radical (unpaired) electrons. The molecule has 2 heteroatoms. The Kier molecular flexibility index (Phi) is 6.11. The van der Waals surface area contributed by atoms with Gasteiger partial charge in [0.15, 0.2) is 0 Å². The van der Waals surface area contributed by atoms with Crippen LogP contribution in [0.15, 0.2) is 0 Å². The van der Waals surface area contributed by atoms with Gasteiger partial charge in [-0.15, -0.1) is 0 Å². The summed E-state index contributed by atoms with van der Waals surface area (Å²) in [5.74, 6) is 0.875. The van der Waals surface area contributed by atoms with E-state index in [1.54, 1.807) is 0 Å². The van der Waals surface area contributed by atoms with Gasteiger partial charge in [0.05, 0.1) is 0 Å². The predicted molar refractivity (Wildman–Crippen MR) is 67.1 cm³/mol. The van der Waals surface area contributed by atoms with E-state index < -0.39 is 0 Å². The van der Waals surface area contributed by atoms with E-state index in [1.165, 1.54) is 45.2 Å². The first-order chi connectivity index (χ1) is 6.77. The summed E-state index contributed by atoms with van der Waals surface area (Å²) in [5.41, 5.74) is 0. The van der Waals surface area contributed by atoms with Crippen molar-refractivity contribution in [3.63, 3.8) is 0 Å². The molecule has 0 spiro atoms. The predicted octanol–water partition coefficient (Wildman–Crippen LogP) is 3.67. The molecule has 1 heterocycles. The quantitative estimate of drug-likeness (QED) is 0.683. The maximum absolute atomic E-state index is 3.64. The zero-order valence-electron chi connectivity index (χ0n) is 9.64. The molecule has 0 aliphatic carbocycles. The van der Waals surface area contributed by atoms with Crippen LogP contribution in [0.1, 0.15) is 46.0 Å². The molecule has 1 aliphatic rings. The second-order valence-corrected chi connectivity index (χ2v) is 5.34. The van der Waals surface area contributed by atoms with Crippen molar-refractivity contribution in [3.05, 3.63) is 0 Å². The number of rotatable bonds is 5. The van der Waals surface area contributed by atoms with E-state index in [0.29, 0.717) is 0 Å². The molecule has 1 nitrogen and oxygen atoms in total. The SMILES string of the molecule is CCCC(C)CN1CCCCC1CBr. The molecule has 1 aliphatic heterocycles. The van der Waals surface area contributed by atoms with Crippen LogP contribution in [0, 0.1) is 5.92 Å². The van der Waals surface area contributed by atoms with E-state index in [4.69, 9.17) is 0 Å². The Morgan fingerprint density at radius 3 is 2.86 bits per heavy atom. The molecular formula is C12H24BrN. The van der Waals surface area contributed by atoms with Crippen LogP contribution in [0.3, 0.4) is 0 Å². The Hall–Kier alpha value is 0.440. The number of likely N-dealkylation sites (tertiary alicyclic amines) is 1. The molecule has 1 saturated heterocycles. The van der Waals surface area contributed by atoms with Gasteiger partial charge in [-0.2, -0.15) is 0 Å². The topological polar surface area (TPSA) is 3.24 Å². The van der Waals surface area contributed by atoms with Crippen molar-refractivity contribution in [2.45, 2.75) is 52.0 Å². The second-order valence-electron chi connectivity index (χ2n) is 4.69. The van der Waals surface area contributed by atoms with Crippen molar-refractivity contribution in [1.82, 2.24) is 4.90 Å². The maximum Gasteiger partial charge on any atom is 0.0192 e. The van der Waals surface area contributed by atoms with Gasteiger partial charge in [0, 0.05) is 17.9 Å². The fourth-order valence-corrected chi connectivity index (χ4v) is 3.19. The monoisotopic (exact) mass is 261 g/mol. The highest BCUT2D eigenvalue weighted by Crippen LogP contribution is 2.20. The molecule has 2 unspecified atom stereocenters. The van der Waals surface area contributed by atoms with Crippen LogP contribution in [0.4, 0.5) is 0 Å². The molecule has 0 saturated carbocycles. The second kappa shape index (κ2) is 6.84. The maximum atomic E-state index is 3.64. The molecule has 2 atom stereocenters. The van der Waals surface area contributed by atoms with Crippen molar-refractivity contribution in [3.8, 4) is 0 Å². The zero-order valence-corrected chi connectivity index (χ0v) is 11.2. The molecule has 1 fully saturated rings. The third-order valence-corrected chi connectivity index (χ3v) is 4.00. The smallest absolute Gasteiger partial charge is 0.0192 e. The average molecular weight is 262 g/mol. The summed E-state index contributed by atoms with van der Waals surface area (Å²) >= 11 is 3.64. The molecule has 14 heavy (non-hydrogen) atoms. The molecule has 0 amide bonds. The van der Waals surface area contributed by atoms with Gasteiger partial charge in [-0.1, -0.05) is 42.6 Å². The van der Waals surface area contributed by atoms with Crippen LogP contribution in [0.2, 0.25) is 0 Å². The first-order valence-corrected chi connectivity index (χ1v) is 7.20. The molecule has 0 bridgehead atoms. The van der Waals surface area contributed by atoms with Crippen molar-refractivity contribution in [2.24, 2.45) is 5.92 Å². The first kappa shape index (κ1) is 12.5. The fraction of sp³-hybridized carbons (Fsp3) is 1.00. The number of hydrogen-bond donors (Lipinski definition) is 0. The van der Waals surface area contributed by atoms with E-state index in [9.17, 15) is 0 Å². The van der Waals surface area contributed by atoms with Crippen LogP contribution in [-0.4, -0.2) is 29.4 Å². The molecule has 0 N–H and O–H groups in total. The zero-order chi connectivity index (χ0) is 10.4. The van der Waals surface area contributed by atoms with Gasteiger partial charge in [-0.25, -0.2) is 0 Å². The summed E-state index contributed by atoms with van der Waals surface area (Å²) in [6.45, 7) is 7.31. The first-order valence-electron chi connectivity index (χ1n) is 6.08. The fourth-order valence-electron chi connectivity index (χ4n) is 2.46. The number of halogens is 1. The number of piperidine rings is 1. The Labute approximate surface area is 97.4 Å². The Morgan fingerprint density at radius 1 is 1.43 bits per heavy atom. The summed E-state index contributed by atoms with van der Waals surface area (Å²) in [4.78, 5) is 2.69. The highest BCUT2D eigenvalue weighted by atomic mass is 79.9. The van der Waals surface area contributed by atoms with E-state index in [0.717, 1.165) is 17.3 Å². The minimum atomic E-state index is 0.808. The van der Waals surface area contributed by atoms with E-state index in [-0.39, 0.29) is 0 Å². The lowest BCUT2D eigenvalue weighted by Crippen LogP contribution is -2.42. The van der Waals surface area contributed by atoms with Crippen LogP contribution >= 0.6 is 15.9 Å². The largest absolute Gasteiger partial charge is 0.299 e. The van der Waals surface area contributed by atoms with E-state index in [1.807, 2.05) is 0 Å². The van der Waals surface area contributed by atoms with Gasteiger partial charge in [-0.3, -0.25) is 4.90 Å². The molecule has 0 aromatic carbocycles. The van der Waals surface area contributed by atoms with Crippen molar-refractivity contribution in [1.29, 1.82) is 0 Å². The lowest BCUT2D eigenvalue weighted by atomic mass is 9.99. The minimum Gasteiger partial charge on any atom is -0.299 e.